The number of aliphatic hydroxyl groups is 1. The fraction of sp³-hybridized carbons (Fsp3) is 0.357. The minimum Gasteiger partial charge on any atom is -0.504 e. The van der Waals surface area contributed by atoms with Crippen molar-refractivity contribution in [3.05, 3.63) is 34.7 Å². The molecule has 5 nitrogen and oxygen atoms in total. The van der Waals surface area contributed by atoms with Crippen LogP contribution in [-0.4, -0.2) is 22.9 Å². The summed E-state index contributed by atoms with van der Waals surface area (Å²) < 4.78 is 10.3. The van der Waals surface area contributed by atoms with E-state index < -0.39 is 11.7 Å². The maximum atomic E-state index is 11.1. The van der Waals surface area contributed by atoms with E-state index in [2.05, 4.69) is 0 Å². The number of phenolic OH excluding ortho intramolecular Hbond substituents is 1. The summed E-state index contributed by atoms with van der Waals surface area (Å²) in [5.74, 6) is 0.180. The minimum absolute atomic E-state index is 0.0560. The van der Waals surface area contributed by atoms with Crippen LogP contribution in [0.3, 0.4) is 0 Å². The topological polar surface area (TPSA) is 79.9 Å². The van der Waals surface area contributed by atoms with Crippen molar-refractivity contribution in [2.75, 3.05) is 6.61 Å². The molecule has 0 bridgehead atoms. The lowest BCUT2D eigenvalue weighted by Crippen LogP contribution is -2.23. The highest BCUT2D eigenvalue weighted by Gasteiger charge is 2.12. The predicted molar refractivity (Wildman–Crippen MR) is 70.5 cm³/mol. The molecule has 102 valence electrons. The first-order valence-corrected chi connectivity index (χ1v) is 6.05. The van der Waals surface area contributed by atoms with Gasteiger partial charge in [0.1, 0.15) is 12.2 Å². The summed E-state index contributed by atoms with van der Waals surface area (Å²) in [7, 11) is 0. The van der Waals surface area contributed by atoms with Crippen LogP contribution >= 0.6 is 0 Å². The number of benzene rings is 1. The van der Waals surface area contributed by atoms with Gasteiger partial charge in [-0.15, -0.1) is 0 Å². The van der Waals surface area contributed by atoms with Crippen molar-refractivity contribution in [3.63, 3.8) is 0 Å². The molecule has 0 aliphatic heterocycles. The second-order valence-corrected chi connectivity index (χ2v) is 4.73. The van der Waals surface area contributed by atoms with Crippen LogP contribution in [0.2, 0.25) is 0 Å². The Labute approximate surface area is 110 Å². The van der Waals surface area contributed by atoms with E-state index in [1.807, 2.05) is 13.8 Å². The Kier molecular flexibility index (Phi) is 3.76. The van der Waals surface area contributed by atoms with Gasteiger partial charge in [0.2, 0.25) is 0 Å². The number of phenols is 1. The molecule has 2 N–H and O–H groups in total. The van der Waals surface area contributed by atoms with Crippen molar-refractivity contribution in [2.24, 2.45) is 5.92 Å². The SMILES string of the molecule is CC(C)[C@H](O)COc1cc2oc(=O)ccc2cc1O. The van der Waals surface area contributed by atoms with Crippen LogP contribution in [-0.2, 0) is 0 Å². The maximum absolute atomic E-state index is 11.1. The Hall–Kier alpha value is -2.01. The minimum atomic E-state index is -0.627. The van der Waals surface area contributed by atoms with Crippen molar-refractivity contribution >= 4 is 11.0 Å². The molecule has 2 rings (SSSR count). The normalized spacial score (nSPS) is 12.8. The summed E-state index contributed by atoms with van der Waals surface area (Å²) >= 11 is 0. The second kappa shape index (κ2) is 5.32. The standard InChI is InChI=1S/C14H16O5/c1-8(2)11(16)7-18-13-6-12-9(5-10(13)15)3-4-14(17)19-12/h3-6,8,11,15-16H,7H2,1-2H3/t11-/m1/s1. The molecule has 19 heavy (non-hydrogen) atoms. The van der Waals surface area contributed by atoms with E-state index in [1.165, 1.54) is 18.2 Å². The molecular formula is C14H16O5. The predicted octanol–water partition coefficient (Wildman–Crippen LogP) is 1.89. The van der Waals surface area contributed by atoms with Gasteiger partial charge in [0.15, 0.2) is 11.5 Å². The van der Waals surface area contributed by atoms with E-state index >= 15 is 0 Å². The van der Waals surface area contributed by atoms with Crippen LogP contribution in [0.25, 0.3) is 11.0 Å². The quantitative estimate of drug-likeness (QED) is 0.824. The van der Waals surface area contributed by atoms with E-state index in [1.54, 1.807) is 6.07 Å². The molecule has 1 aromatic carbocycles. The molecule has 0 aliphatic rings. The van der Waals surface area contributed by atoms with E-state index in [4.69, 9.17) is 9.15 Å². The van der Waals surface area contributed by atoms with Crippen LogP contribution in [0.4, 0.5) is 0 Å². The Morgan fingerprint density at radius 3 is 2.74 bits per heavy atom. The van der Waals surface area contributed by atoms with Crippen molar-refractivity contribution in [2.45, 2.75) is 20.0 Å². The number of hydrogen-bond donors (Lipinski definition) is 2. The van der Waals surface area contributed by atoms with Crippen LogP contribution < -0.4 is 10.4 Å². The summed E-state index contributed by atoms with van der Waals surface area (Å²) in [6, 6.07) is 5.74. The number of aromatic hydroxyl groups is 1. The fourth-order valence-electron chi connectivity index (χ4n) is 1.57. The van der Waals surface area contributed by atoms with Gasteiger partial charge in [0.25, 0.3) is 0 Å². The lowest BCUT2D eigenvalue weighted by molar-refractivity contribution is 0.0690. The highest BCUT2D eigenvalue weighted by Crippen LogP contribution is 2.31. The Bertz CT molecular complexity index is 629. The molecule has 0 amide bonds. The van der Waals surface area contributed by atoms with Gasteiger partial charge in [-0.3, -0.25) is 0 Å². The van der Waals surface area contributed by atoms with Crippen LogP contribution in [0, 0.1) is 5.92 Å². The molecule has 5 heteroatoms. The van der Waals surface area contributed by atoms with Gasteiger partial charge in [0, 0.05) is 17.5 Å². The zero-order valence-corrected chi connectivity index (χ0v) is 10.8. The third kappa shape index (κ3) is 3.06. The Morgan fingerprint density at radius 2 is 2.05 bits per heavy atom. The van der Waals surface area contributed by atoms with E-state index in [0.717, 1.165) is 0 Å². The van der Waals surface area contributed by atoms with Gasteiger partial charge in [-0.2, -0.15) is 0 Å². The number of aliphatic hydroxyl groups excluding tert-OH is 1. The van der Waals surface area contributed by atoms with Gasteiger partial charge in [-0.1, -0.05) is 13.8 Å². The van der Waals surface area contributed by atoms with Gasteiger partial charge in [-0.25, -0.2) is 4.79 Å². The summed E-state index contributed by atoms with van der Waals surface area (Å²) in [6.45, 7) is 3.80. The fourth-order valence-corrected chi connectivity index (χ4v) is 1.57. The third-order valence-corrected chi connectivity index (χ3v) is 2.88. The van der Waals surface area contributed by atoms with E-state index in [9.17, 15) is 15.0 Å². The zero-order valence-electron chi connectivity index (χ0n) is 10.8. The first-order valence-electron chi connectivity index (χ1n) is 6.05. The van der Waals surface area contributed by atoms with E-state index in [-0.39, 0.29) is 24.0 Å². The maximum Gasteiger partial charge on any atom is 0.336 e. The first kappa shape index (κ1) is 13.4. The van der Waals surface area contributed by atoms with Crippen LogP contribution in [0.5, 0.6) is 11.5 Å². The third-order valence-electron chi connectivity index (χ3n) is 2.88. The van der Waals surface area contributed by atoms with Crippen molar-refractivity contribution in [3.8, 4) is 11.5 Å². The smallest absolute Gasteiger partial charge is 0.336 e. The average molecular weight is 264 g/mol. The van der Waals surface area contributed by atoms with Gasteiger partial charge >= 0.3 is 5.63 Å². The molecule has 1 heterocycles. The molecule has 1 aromatic heterocycles. The second-order valence-electron chi connectivity index (χ2n) is 4.73. The molecule has 0 saturated carbocycles. The molecule has 0 unspecified atom stereocenters. The van der Waals surface area contributed by atoms with E-state index in [0.29, 0.717) is 11.0 Å². The summed E-state index contributed by atoms with van der Waals surface area (Å²) in [4.78, 5) is 11.1. The zero-order chi connectivity index (χ0) is 14.0. The number of hydrogen-bond acceptors (Lipinski definition) is 5. The number of rotatable bonds is 4. The van der Waals surface area contributed by atoms with Crippen LogP contribution in [0.15, 0.2) is 33.5 Å². The molecule has 2 aromatic rings. The summed E-state index contributed by atoms with van der Waals surface area (Å²) in [5, 5.41) is 20.1. The molecule has 0 fully saturated rings. The average Bonchev–Trinajstić information content (AvgIpc) is 2.36. The van der Waals surface area contributed by atoms with Crippen molar-refractivity contribution in [1.82, 2.24) is 0 Å². The lowest BCUT2D eigenvalue weighted by Gasteiger charge is -2.16. The Balaban J connectivity index is 2.28. The highest BCUT2D eigenvalue weighted by atomic mass is 16.5. The molecule has 0 saturated heterocycles. The summed E-state index contributed by atoms with van der Waals surface area (Å²) in [5.41, 5.74) is -0.134. The largest absolute Gasteiger partial charge is 0.504 e. The molecule has 0 spiro atoms. The van der Waals surface area contributed by atoms with Gasteiger partial charge in [0.05, 0.1) is 6.10 Å². The van der Waals surface area contributed by atoms with Crippen molar-refractivity contribution in [1.29, 1.82) is 0 Å². The Morgan fingerprint density at radius 1 is 1.32 bits per heavy atom. The van der Waals surface area contributed by atoms with Gasteiger partial charge < -0.3 is 19.4 Å². The molecule has 0 radical (unpaired) electrons. The highest BCUT2D eigenvalue weighted by molar-refractivity contribution is 5.80. The molecule has 0 aliphatic carbocycles. The first-order chi connectivity index (χ1) is 8.97. The van der Waals surface area contributed by atoms with Gasteiger partial charge in [-0.05, 0) is 18.1 Å². The monoisotopic (exact) mass is 264 g/mol. The summed E-state index contributed by atoms with van der Waals surface area (Å²) in [6.07, 6.45) is -0.627. The van der Waals surface area contributed by atoms with Crippen molar-refractivity contribution < 1.29 is 19.4 Å². The lowest BCUT2D eigenvalue weighted by atomic mass is 10.1. The van der Waals surface area contributed by atoms with Crippen LogP contribution in [0.1, 0.15) is 13.8 Å². The molecular weight excluding hydrogens is 248 g/mol. The number of fused-ring (bicyclic) bond motifs is 1. The number of ether oxygens (including phenoxy) is 1. The molecule has 1 atom stereocenters.